The molecule has 0 spiro atoms. The number of ether oxygens (including phenoxy) is 3. The average molecular weight is 219 g/mol. The minimum atomic E-state index is 0.692. The average Bonchev–Trinajstić information content (AvgIpc) is 2.36. The fourth-order valence-corrected chi connectivity index (χ4v) is 1.56. The van der Waals surface area contributed by atoms with Crippen molar-refractivity contribution in [1.29, 1.82) is 0 Å². The maximum atomic E-state index is 5.26. The Morgan fingerprint density at radius 1 is 0.875 bits per heavy atom. The van der Waals surface area contributed by atoms with Crippen molar-refractivity contribution in [2.45, 2.75) is 0 Å². The lowest BCUT2D eigenvalue weighted by Crippen LogP contribution is -1.92. The van der Waals surface area contributed by atoms with Crippen LogP contribution in [0.2, 0.25) is 0 Å². The molecule has 0 saturated carbocycles. The third kappa shape index (κ3) is 1.74. The second kappa shape index (κ2) is 4.26. The van der Waals surface area contributed by atoms with E-state index >= 15 is 0 Å². The van der Waals surface area contributed by atoms with Crippen molar-refractivity contribution in [3.05, 3.63) is 24.4 Å². The van der Waals surface area contributed by atoms with Gasteiger partial charge in [0.25, 0.3) is 0 Å². The molecule has 1 aromatic carbocycles. The van der Waals surface area contributed by atoms with Gasteiger partial charge in [-0.2, -0.15) is 0 Å². The summed E-state index contributed by atoms with van der Waals surface area (Å²) in [5, 5.41) is 0.926. The van der Waals surface area contributed by atoms with Crippen molar-refractivity contribution < 1.29 is 14.2 Å². The molecule has 0 radical (unpaired) electrons. The summed E-state index contributed by atoms with van der Waals surface area (Å²) in [6.45, 7) is 0. The van der Waals surface area contributed by atoms with Crippen molar-refractivity contribution in [3.8, 4) is 17.2 Å². The van der Waals surface area contributed by atoms with Crippen molar-refractivity contribution in [2.75, 3.05) is 21.3 Å². The Labute approximate surface area is 93.8 Å². The van der Waals surface area contributed by atoms with E-state index in [0.717, 1.165) is 16.7 Å². The van der Waals surface area contributed by atoms with Gasteiger partial charge in [0.05, 0.1) is 27.5 Å². The number of hydrogen-bond acceptors (Lipinski definition) is 4. The summed E-state index contributed by atoms with van der Waals surface area (Å²) in [7, 11) is 4.84. The van der Waals surface area contributed by atoms with Crippen LogP contribution in [0.5, 0.6) is 17.2 Å². The molecule has 0 fully saturated rings. The van der Waals surface area contributed by atoms with E-state index in [9.17, 15) is 0 Å². The van der Waals surface area contributed by atoms with E-state index in [1.54, 1.807) is 27.5 Å². The molecule has 0 aliphatic carbocycles. The predicted octanol–water partition coefficient (Wildman–Crippen LogP) is 2.26. The maximum absolute atomic E-state index is 5.26. The van der Waals surface area contributed by atoms with Crippen LogP contribution in [0.15, 0.2) is 24.4 Å². The minimum absolute atomic E-state index is 0.692. The normalized spacial score (nSPS) is 10.2. The molecular weight excluding hydrogens is 206 g/mol. The molecule has 1 aromatic heterocycles. The molecule has 2 aromatic rings. The first-order valence-corrected chi connectivity index (χ1v) is 4.84. The topological polar surface area (TPSA) is 40.6 Å². The Kier molecular flexibility index (Phi) is 2.81. The molecule has 0 amide bonds. The number of pyridine rings is 1. The second-order valence-corrected chi connectivity index (χ2v) is 3.28. The summed E-state index contributed by atoms with van der Waals surface area (Å²) in [4.78, 5) is 4.29. The highest BCUT2D eigenvalue weighted by atomic mass is 16.5. The standard InChI is InChI=1S/C12H13NO3/c1-14-9-4-8-5-10(15-2)7-13-12(8)11(6-9)16-3/h4-7H,1-3H3. The zero-order valence-electron chi connectivity index (χ0n) is 9.48. The maximum Gasteiger partial charge on any atom is 0.148 e. The number of fused-ring (bicyclic) bond motifs is 1. The van der Waals surface area contributed by atoms with Crippen LogP contribution < -0.4 is 14.2 Å². The summed E-state index contributed by atoms with van der Waals surface area (Å²) in [5.74, 6) is 2.14. The van der Waals surface area contributed by atoms with Crippen molar-refractivity contribution in [3.63, 3.8) is 0 Å². The molecule has 0 bridgehead atoms. The SMILES string of the molecule is COc1cnc2c(OC)cc(OC)cc2c1. The zero-order chi connectivity index (χ0) is 11.5. The summed E-state index contributed by atoms with van der Waals surface area (Å²) < 4.78 is 15.6. The Bertz CT molecular complexity index is 506. The third-order valence-electron chi connectivity index (χ3n) is 2.39. The second-order valence-electron chi connectivity index (χ2n) is 3.28. The van der Waals surface area contributed by atoms with Gasteiger partial charge in [0.1, 0.15) is 22.8 Å². The molecule has 16 heavy (non-hydrogen) atoms. The first-order chi connectivity index (χ1) is 7.78. The van der Waals surface area contributed by atoms with Crippen LogP contribution in [0.3, 0.4) is 0 Å². The van der Waals surface area contributed by atoms with Gasteiger partial charge in [0.2, 0.25) is 0 Å². The van der Waals surface area contributed by atoms with Gasteiger partial charge in [0, 0.05) is 11.5 Å². The molecule has 0 unspecified atom stereocenters. The van der Waals surface area contributed by atoms with E-state index in [4.69, 9.17) is 14.2 Å². The fourth-order valence-electron chi connectivity index (χ4n) is 1.56. The van der Waals surface area contributed by atoms with E-state index in [0.29, 0.717) is 11.5 Å². The van der Waals surface area contributed by atoms with Gasteiger partial charge in [-0.15, -0.1) is 0 Å². The number of benzene rings is 1. The highest BCUT2D eigenvalue weighted by Crippen LogP contribution is 2.31. The van der Waals surface area contributed by atoms with Crippen LogP contribution in [0.4, 0.5) is 0 Å². The summed E-state index contributed by atoms with van der Waals surface area (Å²) in [5.41, 5.74) is 0.795. The van der Waals surface area contributed by atoms with Gasteiger partial charge in [-0.05, 0) is 12.1 Å². The van der Waals surface area contributed by atoms with Gasteiger partial charge in [-0.3, -0.25) is 0 Å². The zero-order valence-corrected chi connectivity index (χ0v) is 9.48. The predicted molar refractivity (Wildman–Crippen MR) is 61.4 cm³/mol. The molecule has 4 nitrogen and oxygen atoms in total. The number of hydrogen-bond donors (Lipinski definition) is 0. The van der Waals surface area contributed by atoms with E-state index in [1.807, 2.05) is 18.2 Å². The van der Waals surface area contributed by atoms with E-state index in [-0.39, 0.29) is 0 Å². The molecule has 1 heterocycles. The Balaban J connectivity index is 2.68. The van der Waals surface area contributed by atoms with Crippen molar-refractivity contribution >= 4 is 10.9 Å². The van der Waals surface area contributed by atoms with Crippen LogP contribution in [-0.4, -0.2) is 26.3 Å². The molecular formula is C12H13NO3. The van der Waals surface area contributed by atoms with E-state index < -0.39 is 0 Å². The number of aromatic nitrogens is 1. The highest BCUT2D eigenvalue weighted by Gasteiger charge is 2.07. The molecule has 0 N–H and O–H groups in total. The Hall–Kier alpha value is -1.97. The fraction of sp³-hybridized carbons (Fsp3) is 0.250. The Morgan fingerprint density at radius 2 is 1.56 bits per heavy atom. The van der Waals surface area contributed by atoms with Crippen LogP contribution in [0.1, 0.15) is 0 Å². The van der Waals surface area contributed by atoms with Crippen molar-refractivity contribution in [1.82, 2.24) is 4.98 Å². The van der Waals surface area contributed by atoms with Gasteiger partial charge in [-0.25, -0.2) is 4.98 Å². The number of rotatable bonds is 3. The molecule has 0 atom stereocenters. The lowest BCUT2D eigenvalue weighted by atomic mass is 10.2. The van der Waals surface area contributed by atoms with E-state index in [1.165, 1.54) is 0 Å². The third-order valence-corrected chi connectivity index (χ3v) is 2.39. The molecule has 4 heteroatoms. The number of methoxy groups -OCH3 is 3. The summed E-state index contributed by atoms with van der Waals surface area (Å²) >= 11 is 0. The first kappa shape index (κ1) is 10.5. The molecule has 2 rings (SSSR count). The monoisotopic (exact) mass is 219 g/mol. The van der Waals surface area contributed by atoms with Gasteiger partial charge < -0.3 is 14.2 Å². The van der Waals surface area contributed by atoms with Crippen LogP contribution in [-0.2, 0) is 0 Å². The van der Waals surface area contributed by atoms with Crippen LogP contribution >= 0.6 is 0 Å². The van der Waals surface area contributed by atoms with Gasteiger partial charge >= 0.3 is 0 Å². The molecule has 0 aliphatic rings. The quantitative estimate of drug-likeness (QED) is 0.794. The molecule has 0 aliphatic heterocycles. The summed E-state index contributed by atoms with van der Waals surface area (Å²) in [6, 6.07) is 5.60. The van der Waals surface area contributed by atoms with E-state index in [2.05, 4.69) is 4.98 Å². The van der Waals surface area contributed by atoms with Crippen LogP contribution in [0.25, 0.3) is 10.9 Å². The molecule has 84 valence electrons. The lowest BCUT2D eigenvalue weighted by Gasteiger charge is -2.08. The van der Waals surface area contributed by atoms with Gasteiger partial charge in [-0.1, -0.05) is 0 Å². The minimum Gasteiger partial charge on any atom is -0.497 e. The van der Waals surface area contributed by atoms with Gasteiger partial charge in [0.15, 0.2) is 0 Å². The first-order valence-electron chi connectivity index (χ1n) is 4.84. The highest BCUT2D eigenvalue weighted by molar-refractivity contribution is 5.87. The summed E-state index contributed by atoms with van der Waals surface area (Å²) in [6.07, 6.45) is 1.66. The number of nitrogens with zero attached hydrogens (tertiary/aromatic N) is 1. The Morgan fingerprint density at radius 3 is 2.19 bits per heavy atom. The van der Waals surface area contributed by atoms with Crippen LogP contribution in [0, 0.1) is 0 Å². The lowest BCUT2D eigenvalue weighted by molar-refractivity contribution is 0.396. The van der Waals surface area contributed by atoms with Crippen molar-refractivity contribution in [2.24, 2.45) is 0 Å². The molecule has 0 saturated heterocycles. The smallest absolute Gasteiger partial charge is 0.148 e. The largest absolute Gasteiger partial charge is 0.497 e.